The van der Waals surface area contributed by atoms with Crippen molar-refractivity contribution in [3.63, 3.8) is 0 Å². The molecule has 0 spiro atoms. The van der Waals surface area contributed by atoms with Crippen molar-refractivity contribution in [3.8, 4) is 0 Å². The minimum atomic E-state index is -1.46. The third-order valence-corrected chi connectivity index (χ3v) is 3.27. The number of carbonyl (C=O) groups excluding carboxylic acids is 1. The fourth-order valence-corrected chi connectivity index (χ4v) is 1.93. The SMILES string of the molecule is CC1(C)C(OOC(=O)CO)CC1C(O)C(=O)O. The molecule has 1 saturated carbocycles. The number of carbonyl (C=O) groups is 2. The topological polar surface area (TPSA) is 113 Å². The van der Waals surface area contributed by atoms with Gasteiger partial charge in [-0.15, -0.1) is 0 Å². The Kier molecular flexibility index (Phi) is 4.07. The van der Waals surface area contributed by atoms with Gasteiger partial charge in [0, 0.05) is 11.3 Å². The number of hydrogen-bond acceptors (Lipinski definition) is 6. The van der Waals surface area contributed by atoms with Crippen molar-refractivity contribution in [1.82, 2.24) is 0 Å². The van der Waals surface area contributed by atoms with E-state index in [1.54, 1.807) is 13.8 Å². The van der Waals surface area contributed by atoms with E-state index in [1.807, 2.05) is 0 Å². The van der Waals surface area contributed by atoms with Crippen LogP contribution in [0, 0.1) is 11.3 Å². The third kappa shape index (κ3) is 2.74. The van der Waals surface area contributed by atoms with Crippen molar-refractivity contribution in [2.45, 2.75) is 32.5 Å². The average Bonchev–Trinajstić information content (AvgIpc) is 2.26. The molecule has 3 N–H and O–H groups in total. The van der Waals surface area contributed by atoms with Crippen LogP contribution in [0.25, 0.3) is 0 Å². The molecule has 7 heteroatoms. The lowest BCUT2D eigenvalue weighted by Crippen LogP contribution is -2.57. The van der Waals surface area contributed by atoms with Crippen LogP contribution in [0.1, 0.15) is 20.3 Å². The third-order valence-electron chi connectivity index (χ3n) is 3.27. The largest absolute Gasteiger partial charge is 0.479 e. The summed E-state index contributed by atoms with van der Waals surface area (Å²) in [7, 11) is 0. The summed E-state index contributed by atoms with van der Waals surface area (Å²) in [6.07, 6.45) is -1.67. The van der Waals surface area contributed by atoms with Gasteiger partial charge in [0.15, 0.2) is 6.10 Å². The Balaban J connectivity index is 2.49. The second-order valence-corrected chi connectivity index (χ2v) is 4.64. The molecule has 3 unspecified atom stereocenters. The minimum Gasteiger partial charge on any atom is -0.479 e. The van der Waals surface area contributed by atoms with Gasteiger partial charge in [-0.25, -0.2) is 9.59 Å². The monoisotopic (exact) mass is 248 g/mol. The van der Waals surface area contributed by atoms with Crippen LogP contribution in [0.3, 0.4) is 0 Å². The maximum absolute atomic E-state index is 10.7. The molecule has 0 radical (unpaired) electrons. The Morgan fingerprint density at radius 1 is 1.47 bits per heavy atom. The predicted molar refractivity (Wildman–Crippen MR) is 53.6 cm³/mol. The van der Waals surface area contributed by atoms with Crippen molar-refractivity contribution in [2.75, 3.05) is 6.61 Å². The molecule has 0 saturated heterocycles. The van der Waals surface area contributed by atoms with Gasteiger partial charge < -0.3 is 15.3 Å². The summed E-state index contributed by atoms with van der Waals surface area (Å²) in [6, 6.07) is 0. The molecule has 0 amide bonds. The minimum absolute atomic E-state index is 0.277. The van der Waals surface area contributed by atoms with Crippen LogP contribution in [0.15, 0.2) is 0 Å². The van der Waals surface area contributed by atoms with E-state index >= 15 is 0 Å². The smallest absolute Gasteiger partial charge is 0.367 e. The van der Waals surface area contributed by atoms with Gasteiger partial charge in [-0.2, -0.15) is 4.89 Å². The van der Waals surface area contributed by atoms with Crippen LogP contribution in [0.4, 0.5) is 0 Å². The summed E-state index contributed by atoms with van der Waals surface area (Å²) in [5.41, 5.74) is -0.618. The zero-order chi connectivity index (χ0) is 13.2. The van der Waals surface area contributed by atoms with E-state index < -0.39 is 42.1 Å². The van der Waals surface area contributed by atoms with Crippen molar-refractivity contribution in [2.24, 2.45) is 11.3 Å². The van der Waals surface area contributed by atoms with Crippen molar-refractivity contribution in [3.05, 3.63) is 0 Å². The number of hydrogen-bond donors (Lipinski definition) is 3. The van der Waals surface area contributed by atoms with Gasteiger partial charge in [0.05, 0.1) is 0 Å². The average molecular weight is 248 g/mol. The molecule has 0 aromatic rings. The highest BCUT2D eigenvalue weighted by atomic mass is 17.2. The molecule has 0 bridgehead atoms. The first-order valence-corrected chi connectivity index (χ1v) is 5.18. The first-order valence-electron chi connectivity index (χ1n) is 5.18. The van der Waals surface area contributed by atoms with Gasteiger partial charge in [0.25, 0.3) is 0 Å². The Bertz CT molecular complexity index is 312. The molecule has 1 rings (SSSR count). The number of aliphatic carboxylic acids is 1. The van der Waals surface area contributed by atoms with Gasteiger partial charge in [0.2, 0.25) is 0 Å². The second-order valence-electron chi connectivity index (χ2n) is 4.64. The highest BCUT2D eigenvalue weighted by Gasteiger charge is 2.55. The molecule has 1 fully saturated rings. The Morgan fingerprint density at radius 2 is 2.06 bits per heavy atom. The molecule has 1 aliphatic carbocycles. The number of aliphatic hydroxyl groups excluding tert-OH is 2. The number of rotatable bonds is 5. The number of carboxylic acid groups (broad SMARTS) is 1. The normalized spacial score (nSPS) is 28.0. The first kappa shape index (κ1) is 13.9. The molecular weight excluding hydrogens is 232 g/mol. The van der Waals surface area contributed by atoms with E-state index in [-0.39, 0.29) is 6.42 Å². The van der Waals surface area contributed by atoms with E-state index in [2.05, 4.69) is 4.89 Å². The van der Waals surface area contributed by atoms with Gasteiger partial charge in [-0.1, -0.05) is 13.8 Å². The van der Waals surface area contributed by atoms with Crippen molar-refractivity contribution >= 4 is 11.9 Å². The quantitative estimate of drug-likeness (QED) is 0.436. The van der Waals surface area contributed by atoms with Crippen LogP contribution in [-0.4, -0.2) is 46.1 Å². The predicted octanol–water partition coefficient (Wildman–Crippen LogP) is -0.686. The fourth-order valence-electron chi connectivity index (χ4n) is 1.93. The standard InChI is InChI=1S/C10H16O7/c1-10(2)5(8(13)9(14)15)3-6(10)16-17-7(12)4-11/h5-6,8,11,13H,3-4H2,1-2H3,(H,14,15). The maximum atomic E-state index is 10.7. The van der Waals surface area contributed by atoms with Crippen LogP contribution in [-0.2, 0) is 19.4 Å². The lowest BCUT2D eigenvalue weighted by molar-refractivity contribution is -0.350. The molecular formula is C10H16O7. The lowest BCUT2D eigenvalue weighted by Gasteiger charge is -2.50. The summed E-state index contributed by atoms with van der Waals surface area (Å²) in [5, 5.41) is 26.5. The van der Waals surface area contributed by atoms with Crippen molar-refractivity contribution in [1.29, 1.82) is 0 Å². The summed E-state index contributed by atoms with van der Waals surface area (Å²) < 4.78 is 0. The molecule has 0 aromatic carbocycles. The van der Waals surface area contributed by atoms with E-state index in [1.165, 1.54) is 0 Å². The summed E-state index contributed by atoms with van der Waals surface area (Å²) in [5.74, 6) is -2.66. The maximum Gasteiger partial charge on any atom is 0.367 e. The fraction of sp³-hybridized carbons (Fsp3) is 0.800. The van der Waals surface area contributed by atoms with Crippen LogP contribution in [0.5, 0.6) is 0 Å². The van der Waals surface area contributed by atoms with Crippen LogP contribution < -0.4 is 0 Å². The van der Waals surface area contributed by atoms with E-state index in [4.69, 9.17) is 15.1 Å². The number of aliphatic hydroxyl groups is 2. The van der Waals surface area contributed by atoms with Gasteiger partial charge in [-0.3, -0.25) is 4.89 Å². The first-order chi connectivity index (χ1) is 7.80. The molecule has 0 aromatic heterocycles. The van der Waals surface area contributed by atoms with Gasteiger partial charge in [-0.05, 0) is 6.42 Å². The second kappa shape index (κ2) is 4.99. The van der Waals surface area contributed by atoms with Gasteiger partial charge >= 0.3 is 11.9 Å². The highest BCUT2D eigenvalue weighted by molar-refractivity contribution is 5.72. The van der Waals surface area contributed by atoms with Crippen LogP contribution in [0.2, 0.25) is 0 Å². The van der Waals surface area contributed by atoms with E-state index in [9.17, 15) is 14.7 Å². The molecule has 1 aliphatic rings. The zero-order valence-electron chi connectivity index (χ0n) is 9.62. The summed E-state index contributed by atoms with van der Waals surface area (Å²) >= 11 is 0. The molecule has 0 aliphatic heterocycles. The Hall–Kier alpha value is -1.18. The molecule has 17 heavy (non-hydrogen) atoms. The summed E-state index contributed by atoms with van der Waals surface area (Å²) in [4.78, 5) is 30.4. The van der Waals surface area contributed by atoms with E-state index in [0.717, 1.165) is 0 Å². The molecule has 3 atom stereocenters. The lowest BCUT2D eigenvalue weighted by atomic mass is 9.58. The molecule has 98 valence electrons. The zero-order valence-corrected chi connectivity index (χ0v) is 9.62. The van der Waals surface area contributed by atoms with Crippen molar-refractivity contribution < 1.29 is 34.7 Å². The Morgan fingerprint density at radius 3 is 2.47 bits per heavy atom. The Labute approximate surface area is 97.9 Å². The molecule has 7 nitrogen and oxygen atoms in total. The summed E-state index contributed by atoms with van der Waals surface area (Å²) in [6.45, 7) is 2.64. The highest BCUT2D eigenvalue weighted by Crippen LogP contribution is 2.49. The molecule has 0 heterocycles. The van der Waals surface area contributed by atoms with Gasteiger partial charge in [0.1, 0.15) is 12.7 Å². The van der Waals surface area contributed by atoms with Crippen LogP contribution >= 0.6 is 0 Å². The van der Waals surface area contributed by atoms with E-state index in [0.29, 0.717) is 0 Å². The number of carboxylic acids is 1.